The van der Waals surface area contributed by atoms with Gasteiger partial charge >= 0.3 is 0 Å². The van der Waals surface area contributed by atoms with E-state index >= 15 is 0 Å². The van der Waals surface area contributed by atoms with Crippen LogP contribution in [0.4, 0.5) is 8.78 Å². The van der Waals surface area contributed by atoms with Gasteiger partial charge in [-0.05, 0) is 91.0 Å². The van der Waals surface area contributed by atoms with E-state index in [0.717, 1.165) is 30.2 Å². The second-order valence-electron chi connectivity index (χ2n) is 9.32. The van der Waals surface area contributed by atoms with Crippen LogP contribution in [0.1, 0.15) is 98.8 Å². The zero-order chi connectivity index (χ0) is 20.2. The van der Waals surface area contributed by atoms with E-state index in [0.29, 0.717) is 17.9 Å². The molecule has 0 nitrogen and oxygen atoms in total. The Kier molecular flexibility index (Phi) is 6.67. The normalized spacial score (nSPS) is 24.3. The van der Waals surface area contributed by atoms with Crippen LogP contribution in [0.3, 0.4) is 0 Å². The summed E-state index contributed by atoms with van der Waals surface area (Å²) in [5, 5.41) is 0. The molecule has 1 unspecified atom stereocenters. The predicted octanol–water partition coefficient (Wildman–Crippen LogP) is 8.09. The van der Waals surface area contributed by atoms with Crippen LogP contribution in [0, 0.1) is 17.6 Å². The molecule has 2 aromatic rings. The van der Waals surface area contributed by atoms with E-state index in [9.17, 15) is 8.78 Å². The second kappa shape index (κ2) is 9.41. The van der Waals surface area contributed by atoms with Crippen molar-refractivity contribution in [2.45, 2.75) is 89.4 Å². The van der Waals surface area contributed by atoms with Crippen molar-refractivity contribution in [2.24, 2.45) is 5.92 Å². The van der Waals surface area contributed by atoms with Crippen molar-refractivity contribution < 1.29 is 8.78 Å². The summed E-state index contributed by atoms with van der Waals surface area (Å²) in [5.74, 6) is 0.726. The summed E-state index contributed by atoms with van der Waals surface area (Å²) < 4.78 is 27.5. The molecule has 0 N–H and O–H groups in total. The summed E-state index contributed by atoms with van der Waals surface area (Å²) in [6.07, 6.45) is 13.3. The van der Waals surface area contributed by atoms with Crippen LogP contribution >= 0.6 is 0 Å². The third-order valence-corrected chi connectivity index (χ3v) is 7.44. The highest BCUT2D eigenvalue weighted by Crippen LogP contribution is 2.39. The zero-order valence-electron chi connectivity index (χ0n) is 17.7. The van der Waals surface area contributed by atoms with Crippen LogP contribution in [0.5, 0.6) is 0 Å². The first kappa shape index (κ1) is 20.6. The van der Waals surface area contributed by atoms with E-state index in [1.165, 1.54) is 68.6 Å². The number of fused-ring (bicyclic) bond motifs is 1. The third-order valence-electron chi connectivity index (χ3n) is 7.44. The maximum atomic E-state index is 14.0. The Balaban J connectivity index is 1.35. The Morgan fingerprint density at radius 3 is 2.17 bits per heavy atom. The molecule has 0 aromatic heterocycles. The molecule has 0 saturated heterocycles. The average Bonchev–Trinajstić information content (AvgIpc) is 2.77. The van der Waals surface area contributed by atoms with Gasteiger partial charge in [0.25, 0.3) is 0 Å². The van der Waals surface area contributed by atoms with Gasteiger partial charge in [-0.15, -0.1) is 0 Å². The molecule has 4 rings (SSSR count). The fourth-order valence-corrected chi connectivity index (χ4v) is 5.57. The van der Waals surface area contributed by atoms with Gasteiger partial charge in [-0.25, -0.2) is 8.78 Å². The SMILES string of the molecule is CCCCCC1CCC(c2ccc(C3CCc4c(ccc(F)c4F)C3)cc2)CC1. The topological polar surface area (TPSA) is 0 Å². The number of halogens is 2. The first-order valence-electron chi connectivity index (χ1n) is 11.7. The van der Waals surface area contributed by atoms with Crippen molar-refractivity contribution in [3.63, 3.8) is 0 Å². The summed E-state index contributed by atoms with van der Waals surface area (Å²) in [6.45, 7) is 2.28. The first-order chi connectivity index (χ1) is 14.2. The molecule has 2 aliphatic carbocycles. The lowest BCUT2D eigenvalue weighted by Gasteiger charge is -2.29. The molecule has 1 fully saturated rings. The van der Waals surface area contributed by atoms with Crippen LogP contribution in [-0.2, 0) is 12.8 Å². The van der Waals surface area contributed by atoms with Crippen LogP contribution in [0.25, 0.3) is 0 Å². The number of hydrogen-bond acceptors (Lipinski definition) is 0. The van der Waals surface area contributed by atoms with Gasteiger partial charge in [-0.3, -0.25) is 0 Å². The molecule has 1 atom stereocenters. The van der Waals surface area contributed by atoms with Gasteiger partial charge < -0.3 is 0 Å². The molecule has 2 aliphatic rings. The van der Waals surface area contributed by atoms with Crippen LogP contribution in [0.15, 0.2) is 36.4 Å². The molecule has 0 bridgehead atoms. The molecule has 0 aliphatic heterocycles. The summed E-state index contributed by atoms with van der Waals surface area (Å²) in [4.78, 5) is 0. The third kappa shape index (κ3) is 4.73. The van der Waals surface area contributed by atoms with Gasteiger partial charge in [0, 0.05) is 0 Å². The van der Waals surface area contributed by atoms with E-state index in [4.69, 9.17) is 0 Å². The Labute approximate surface area is 174 Å². The number of unbranched alkanes of at least 4 members (excludes halogenated alkanes) is 2. The van der Waals surface area contributed by atoms with Gasteiger partial charge in [0.15, 0.2) is 11.6 Å². The Morgan fingerprint density at radius 2 is 1.48 bits per heavy atom. The largest absolute Gasteiger partial charge is 0.204 e. The van der Waals surface area contributed by atoms with Gasteiger partial charge in [-0.2, -0.15) is 0 Å². The van der Waals surface area contributed by atoms with E-state index in [1.54, 1.807) is 6.07 Å². The Bertz CT molecular complexity index is 800. The standard InChI is InChI=1S/C27H34F2/c1-2-3-4-5-19-6-8-20(9-7-19)21-10-12-22(13-11-21)23-14-16-25-24(18-23)15-17-26(28)27(25)29/h10-13,15,17,19-20,23H,2-9,14,16,18H2,1H3. The highest BCUT2D eigenvalue weighted by atomic mass is 19.2. The van der Waals surface area contributed by atoms with Crippen molar-refractivity contribution in [3.05, 3.63) is 70.3 Å². The summed E-state index contributed by atoms with van der Waals surface area (Å²) in [6, 6.07) is 12.3. The van der Waals surface area contributed by atoms with Crippen molar-refractivity contribution in [3.8, 4) is 0 Å². The number of rotatable bonds is 6. The minimum atomic E-state index is -0.716. The lowest BCUT2D eigenvalue weighted by Crippen LogP contribution is -2.15. The van der Waals surface area contributed by atoms with Crippen LogP contribution < -0.4 is 0 Å². The Hall–Kier alpha value is -1.70. The molecule has 2 heteroatoms. The summed E-state index contributed by atoms with van der Waals surface area (Å²) in [5.41, 5.74) is 4.40. The summed E-state index contributed by atoms with van der Waals surface area (Å²) >= 11 is 0. The van der Waals surface area contributed by atoms with Gasteiger partial charge in [-0.1, -0.05) is 62.9 Å². The van der Waals surface area contributed by atoms with E-state index < -0.39 is 11.6 Å². The molecule has 0 heterocycles. The molecule has 0 radical (unpaired) electrons. The lowest BCUT2D eigenvalue weighted by molar-refractivity contribution is 0.303. The molecule has 1 saturated carbocycles. The molecule has 0 spiro atoms. The van der Waals surface area contributed by atoms with Crippen molar-refractivity contribution in [1.82, 2.24) is 0 Å². The highest BCUT2D eigenvalue weighted by molar-refractivity contribution is 5.36. The monoisotopic (exact) mass is 396 g/mol. The maximum absolute atomic E-state index is 14.0. The molecule has 29 heavy (non-hydrogen) atoms. The van der Waals surface area contributed by atoms with Gasteiger partial charge in [0.05, 0.1) is 0 Å². The van der Waals surface area contributed by atoms with E-state index in [1.807, 2.05) is 0 Å². The fraction of sp³-hybridized carbons (Fsp3) is 0.556. The second-order valence-corrected chi connectivity index (χ2v) is 9.32. The average molecular weight is 397 g/mol. The van der Waals surface area contributed by atoms with Crippen LogP contribution in [0.2, 0.25) is 0 Å². The number of hydrogen-bond donors (Lipinski definition) is 0. The highest BCUT2D eigenvalue weighted by Gasteiger charge is 2.25. The van der Waals surface area contributed by atoms with Gasteiger partial charge in [0.1, 0.15) is 0 Å². The van der Waals surface area contributed by atoms with E-state index in [2.05, 4.69) is 31.2 Å². The minimum Gasteiger partial charge on any atom is -0.204 e. The quantitative estimate of drug-likeness (QED) is 0.433. The van der Waals surface area contributed by atoms with Crippen molar-refractivity contribution in [2.75, 3.05) is 0 Å². The smallest absolute Gasteiger partial charge is 0.162 e. The molecular weight excluding hydrogens is 362 g/mol. The van der Waals surface area contributed by atoms with Crippen molar-refractivity contribution >= 4 is 0 Å². The number of benzene rings is 2. The zero-order valence-corrected chi connectivity index (χ0v) is 17.7. The first-order valence-corrected chi connectivity index (χ1v) is 11.7. The molecule has 156 valence electrons. The summed E-state index contributed by atoms with van der Waals surface area (Å²) in [7, 11) is 0. The fourth-order valence-electron chi connectivity index (χ4n) is 5.57. The lowest BCUT2D eigenvalue weighted by atomic mass is 9.76. The maximum Gasteiger partial charge on any atom is 0.162 e. The van der Waals surface area contributed by atoms with E-state index in [-0.39, 0.29) is 0 Å². The molecule has 0 amide bonds. The minimum absolute atomic E-state index is 0.413. The van der Waals surface area contributed by atoms with Crippen molar-refractivity contribution in [1.29, 1.82) is 0 Å². The Morgan fingerprint density at radius 1 is 0.793 bits per heavy atom. The molecule has 2 aromatic carbocycles. The van der Waals surface area contributed by atoms with Crippen LogP contribution in [-0.4, -0.2) is 0 Å². The molecular formula is C27H34F2. The van der Waals surface area contributed by atoms with Gasteiger partial charge in [0.2, 0.25) is 0 Å². The predicted molar refractivity (Wildman–Crippen MR) is 116 cm³/mol.